The number of nitrogens with zero attached hydrogens (tertiary/aromatic N) is 5. The molecule has 0 bridgehead atoms. The predicted molar refractivity (Wildman–Crippen MR) is 108 cm³/mol. The lowest BCUT2D eigenvalue weighted by molar-refractivity contribution is 0.621. The Kier molecular flexibility index (Phi) is 4.91. The van der Waals surface area contributed by atoms with E-state index in [0.29, 0.717) is 0 Å². The number of aromatic nitrogens is 2. The molecule has 0 amide bonds. The highest BCUT2D eigenvalue weighted by atomic mass is 35.5. The summed E-state index contributed by atoms with van der Waals surface area (Å²) in [5.41, 5.74) is 6.66. The first kappa shape index (κ1) is 17.9. The Morgan fingerprint density at radius 3 is 2.35 bits per heavy atom. The summed E-state index contributed by atoms with van der Waals surface area (Å²) in [6.45, 7) is 4.03. The third kappa shape index (κ3) is 3.02. The van der Waals surface area contributed by atoms with Crippen LogP contribution in [-0.4, -0.2) is 20.8 Å². The number of aliphatic imine (C=N–C) groups is 1. The SMILES string of the molecule is CC1=Nc2ccccc2C1=NN=c1cc(C)n(C)n1-c1ccccc1.Cl. The summed E-state index contributed by atoms with van der Waals surface area (Å²) in [7, 11) is 2.02. The maximum Gasteiger partial charge on any atom is 0.176 e. The molecule has 0 saturated carbocycles. The van der Waals surface area contributed by atoms with Crippen LogP contribution in [0, 0.1) is 6.92 Å². The van der Waals surface area contributed by atoms with Crippen LogP contribution in [0.5, 0.6) is 0 Å². The number of benzene rings is 2. The zero-order valence-electron chi connectivity index (χ0n) is 14.9. The van der Waals surface area contributed by atoms with Gasteiger partial charge in [-0.2, -0.15) is 0 Å². The summed E-state index contributed by atoms with van der Waals surface area (Å²) in [5, 5.41) is 9.08. The largest absolute Gasteiger partial charge is 0.287 e. The molecule has 2 aromatic carbocycles. The molecule has 0 fully saturated rings. The van der Waals surface area contributed by atoms with E-state index < -0.39 is 0 Å². The van der Waals surface area contributed by atoms with Crippen molar-refractivity contribution in [3.05, 3.63) is 77.4 Å². The molecule has 0 atom stereocenters. The van der Waals surface area contributed by atoms with Crippen molar-refractivity contribution in [2.45, 2.75) is 13.8 Å². The number of rotatable bonds is 2. The molecule has 1 aromatic heterocycles. The van der Waals surface area contributed by atoms with E-state index in [1.165, 1.54) is 0 Å². The van der Waals surface area contributed by atoms with Gasteiger partial charge in [-0.15, -0.1) is 22.6 Å². The molecule has 1 aliphatic rings. The van der Waals surface area contributed by atoms with Crippen molar-refractivity contribution >= 4 is 29.5 Å². The van der Waals surface area contributed by atoms with Crippen molar-refractivity contribution < 1.29 is 0 Å². The van der Waals surface area contributed by atoms with Gasteiger partial charge < -0.3 is 0 Å². The Balaban J connectivity index is 0.00000196. The number of halogens is 1. The fourth-order valence-corrected chi connectivity index (χ4v) is 3.03. The smallest absolute Gasteiger partial charge is 0.176 e. The highest BCUT2D eigenvalue weighted by Crippen LogP contribution is 2.26. The van der Waals surface area contributed by atoms with E-state index in [0.717, 1.165) is 39.5 Å². The van der Waals surface area contributed by atoms with Gasteiger partial charge in [0.1, 0.15) is 5.71 Å². The van der Waals surface area contributed by atoms with Gasteiger partial charge in [-0.25, -0.2) is 4.68 Å². The minimum Gasteiger partial charge on any atom is -0.287 e. The predicted octanol–water partition coefficient (Wildman–Crippen LogP) is 3.96. The number of hydrogen-bond donors (Lipinski definition) is 0. The second kappa shape index (κ2) is 7.14. The third-order valence-corrected chi connectivity index (χ3v) is 4.41. The van der Waals surface area contributed by atoms with Gasteiger partial charge in [-0.3, -0.25) is 9.67 Å². The molecule has 0 radical (unpaired) electrons. The molecule has 3 aromatic rings. The molecule has 26 heavy (non-hydrogen) atoms. The minimum atomic E-state index is 0. The lowest BCUT2D eigenvalue weighted by Crippen LogP contribution is -2.20. The third-order valence-electron chi connectivity index (χ3n) is 4.41. The maximum atomic E-state index is 4.56. The summed E-state index contributed by atoms with van der Waals surface area (Å²) in [5.74, 6) is 0. The standard InChI is InChI=1S/C20H19N5.ClH/c1-14-13-19(25(24(14)3)16-9-5-4-6-10-16)22-23-20-15(2)21-18-12-8-7-11-17(18)20;/h4-13H,1-3H3;1H. The van der Waals surface area contributed by atoms with Gasteiger partial charge in [0.25, 0.3) is 0 Å². The molecular weight excluding hydrogens is 346 g/mol. The molecule has 2 heterocycles. The van der Waals surface area contributed by atoms with E-state index in [2.05, 4.69) is 38.9 Å². The Hall–Kier alpha value is -2.92. The van der Waals surface area contributed by atoms with Crippen molar-refractivity contribution in [2.24, 2.45) is 22.2 Å². The van der Waals surface area contributed by atoms with Crippen molar-refractivity contribution in [2.75, 3.05) is 0 Å². The number of aryl methyl sites for hydroxylation is 1. The number of fused-ring (bicyclic) bond motifs is 1. The van der Waals surface area contributed by atoms with Crippen LogP contribution in [-0.2, 0) is 7.05 Å². The lowest BCUT2D eigenvalue weighted by atomic mass is 10.1. The first-order chi connectivity index (χ1) is 12.1. The summed E-state index contributed by atoms with van der Waals surface area (Å²) >= 11 is 0. The molecule has 0 saturated heterocycles. The number of hydrogen-bond acceptors (Lipinski definition) is 3. The molecule has 1 aliphatic heterocycles. The molecular formula is C20H20ClN5. The minimum absolute atomic E-state index is 0. The van der Waals surface area contributed by atoms with Gasteiger partial charge in [0.15, 0.2) is 5.49 Å². The zero-order chi connectivity index (χ0) is 17.4. The fraction of sp³-hybridized carbons (Fsp3) is 0.150. The molecule has 0 spiro atoms. The lowest BCUT2D eigenvalue weighted by Gasteiger charge is -2.09. The van der Waals surface area contributed by atoms with E-state index in [1.54, 1.807) is 0 Å². The van der Waals surface area contributed by atoms with E-state index in [-0.39, 0.29) is 12.4 Å². The molecule has 0 aliphatic carbocycles. The van der Waals surface area contributed by atoms with Crippen LogP contribution in [0.25, 0.3) is 5.69 Å². The van der Waals surface area contributed by atoms with E-state index in [1.807, 2.05) is 67.2 Å². The first-order valence-electron chi connectivity index (χ1n) is 8.23. The molecule has 0 unspecified atom stereocenters. The van der Waals surface area contributed by atoms with E-state index in [9.17, 15) is 0 Å². The summed E-state index contributed by atoms with van der Waals surface area (Å²) in [4.78, 5) is 4.56. The van der Waals surface area contributed by atoms with Crippen molar-refractivity contribution in [3.63, 3.8) is 0 Å². The Bertz CT molecular complexity index is 1070. The van der Waals surface area contributed by atoms with Gasteiger partial charge in [-0.1, -0.05) is 36.4 Å². The molecule has 132 valence electrons. The van der Waals surface area contributed by atoms with Gasteiger partial charge in [0, 0.05) is 24.4 Å². The van der Waals surface area contributed by atoms with Crippen LogP contribution in [0.1, 0.15) is 18.2 Å². The van der Waals surface area contributed by atoms with Crippen LogP contribution in [0.3, 0.4) is 0 Å². The summed E-state index contributed by atoms with van der Waals surface area (Å²) in [6, 6.07) is 20.2. The quantitative estimate of drug-likeness (QED) is 0.617. The summed E-state index contributed by atoms with van der Waals surface area (Å²) < 4.78 is 4.12. The average molecular weight is 366 g/mol. The molecule has 5 nitrogen and oxygen atoms in total. The molecule has 4 rings (SSSR count). The van der Waals surface area contributed by atoms with Gasteiger partial charge in [0.05, 0.1) is 17.1 Å². The highest BCUT2D eigenvalue weighted by Gasteiger charge is 2.18. The van der Waals surface area contributed by atoms with Crippen molar-refractivity contribution in [1.29, 1.82) is 0 Å². The number of para-hydroxylation sites is 2. The topological polar surface area (TPSA) is 46.9 Å². The van der Waals surface area contributed by atoms with Gasteiger partial charge in [-0.05, 0) is 32.0 Å². The van der Waals surface area contributed by atoms with Crippen LogP contribution >= 0.6 is 12.4 Å². The highest BCUT2D eigenvalue weighted by molar-refractivity contribution is 6.51. The second-order valence-corrected chi connectivity index (χ2v) is 6.08. The van der Waals surface area contributed by atoms with E-state index in [4.69, 9.17) is 0 Å². The van der Waals surface area contributed by atoms with E-state index >= 15 is 0 Å². The van der Waals surface area contributed by atoms with Crippen LogP contribution in [0.4, 0.5) is 5.69 Å². The molecule has 6 heteroatoms. The normalized spacial score (nSPS) is 15.0. The van der Waals surface area contributed by atoms with Gasteiger partial charge in [0.2, 0.25) is 0 Å². The first-order valence-corrected chi connectivity index (χ1v) is 8.23. The summed E-state index contributed by atoms with van der Waals surface area (Å²) in [6.07, 6.45) is 0. The average Bonchev–Trinajstić information content (AvgIpc) is 3.10. The maximum absolute atomic E-state index is 4.56. The van der Waals surface area contributed by atoms with Crippen molar-refractivity contribution in [1.82, 2.24) is 9.36 Å². The zero-order valence-corrected chi connectivity index (χ0v) is 15.7. The Morgan fingerprint density at radius 1 is 0.885 bits per heavy atom. The molecule has 0 N–H and O–H groups in total. The Morgan fingerprint density at radius 2 is 1.58 bits per heavy atom. The van der Waals surface area contributed by atoms with Crippen LogP contribution in [0.15, 0.2) is 75.9 Å². The fourth-order valence-electron chi connectivity index (χ4n) is 3.03. The second-order valence-electron chi connectivity index (χ2n) is 6.08. The van der Waals surface area contributed by atoms with Crippen LogP contribution < -0.4 is 5.49 Å². The van der Waals surface area contributed by atoms with Gasteiger partial charge >= 0.3 is 0 Å². The Labute approximate surface area is 158 Å². The van der Waals surface area contributed by atoms with Crippen LogP contribution in [0.2, 0.25) is 0 Å². The van der Waals surface area contributed by atoms with Crippen molar-refractivity contribution in [3.8, 4) is 5.69 Å². The monoisotopic (exact) mass is 365 g/mol.